The van der Waals surface area contributed by atoms with Crippen molar-refractivity contribution in [2.24, 2.45) is 0 Å². The molecule has 0 radical (unpaired) electrons. The molecule has 0 fully saturated rings. The number of nitrogens with zero attached hydrogens (tertiary/aromatic N) is 1. The number of nitrogens with one attached hydrogen (secondary N) is 1. The summed E-state index contributed by atoms with van der Waals surface area (Å²) >= 11 is -0.462. The fraction of sp³-hybridized carbons (Fsp3) is 0.100. The Labute approximate surface area is 160 Å². The van der Waals surface area contributed by atoms with Crippen molar-refractivity contribution in [1.29, 1.82) is 0 Å². The first-order valence-electron chi connectivity index (χ1n) is 8.03. The number of anilines is 1. The Morgan fingerprint density at radius 1 is 1.00 bits per heavy atom. The molecule has 7 heteroatoms. The van der Waals surface area contributed by atoms with Gasteiger partial charge in [-0.1, -0.05) is 0 Å². The number of hydrogen-bond acceptors (Lipinski definition) is 2. The molecule has 0 bridgehead atoms. The van der Waals surface area contributed by atoms with Gasteiger partial charge in [0.15, 0.2) is 0 Å². The number of rotatable bonds is 5. The molecule has 0 aliphatic heterocycles. The number of pyridine rings is 1. The number of aromatic nitrogens is 1. The fourth-order valence-corrected chi connectivity index (χ4v) is 4.73. The molecule has 0 saturated carbocycles. The first-order chi connectivity index (χ1) is 12.9. The van der Waals surface area contributed by atoms with Gasteiger partial charge in [0, 0.05) is 0 Å². The van der Waals surface area contributed by atoms with Crippen molar-refractivity contribution in [2.45, 2.75) is 11.5 Å². The molecule has 27 heavy (non-hydrogen) atoms. The van der Waals surface area contributed by atoms with E-state index in [1.165, 1.54) is 30.6 Å². The van der Waals surface area contributed by atoms with E-state index in [0.29, 0.717) is 11.0 Å². The van der Waals surface area contributed by atoms with Crippen molar-refractivity contribution in [3.63, 3.8) is 0 Å². The van der Waals surface area contributed by atoms with Crippen LogP contribution < -0.4 is 9.78 Å². The van der Waals surface area contributed by atoms with E-state index >= 15 is 0 Å². The summed E-state index contributed by atoms with van der Waals surface area (Å²) in [4.78, 5) is 16.3. The van der Waals surface area contributed by atoms with Gasteiger partial charge in [-0.2, -0.15) is 0 Å². The molecule has 0 saturated heterocycles. The molecule has 138 valence electrons. The van der Waals surface area contributed by atoms with Crippen molar-refractivity contribution in [1.82, 2.24) is 4.98 Å². The zero-order valence-corrected chi connectivity index (χ0v) is 15.7. The summed E-state index contributed by atoms with van der Waals surface area (Å²) in [5, 5.41) is 3.00. The second kappa shape index (κ2) is 8.37. The second-order valence-corrected chi connectivity index (χ2v) is 7.78. The van der Waals surface area contributed by atoms with Gasteiger partial charge in [-0.3, -0.25) is 0 Å². The van der Waals surface area contributed by atoms with E-state index in [0.717, 1.165) is 5.56 Å². The van der Waals surface area contributed by atoms with Gasteiger partial charge in [0.05, 0.1) is 0 Å². The van der Waals surface area contributed by atoms with Crippen LogP contribution in [0.1, 0.15) is 21.5 Å². The van der Waals surface area contributed by atoms with Gasteiger partial charge in [-0.15, -0.1) is 0 Å². The maximum absolute atomic E-state index is 13.8. The molecule has 0 unspecified atom stereocenters. The van der Waals surface area contributed by atoms with E-state index in [1.54, 1.807) is 12.1 Å². The van der Waals surface area contributed by atoms with Crippen LogP contribution in [0.3, 0.4) is 0 Å². The average molecular weight is 435 g/mol. The first-order valence-corrected chi connectivity index (χ1v) is 10.1. The topological polar surface area (TPSA) is 42.0 Å². The summed E-state index contributed by atoms with van der Waals surface area (Å²) in [6.07, 6.45) is -1.71. The van der Waals surface area contributed by atoms with Crippen molar-refractivity contribution in [3.8, 4) is 0 Å². The molecule has 2 aromatic carbocycles. The number of carbonyl (C=O) groups is 1. The quantitative estimate of drug-likeness (QED) is 0.619. The van der Waals surface area contributed by atoms with Crippen LogP contribution in [0.15, 0.2) is 73.1 Å². The molecule has 1 amide bonds. The predicted molar refractivity (Wildman–Crippen MR) is 99.2 cm³/mol. The van der Waals surface area contributed by atoms with Crippen molar-refractivity contribution < 1.29 is 18.0 Å². The maximum atomic E-state index is 13.8. The number of alkyl halides is 3. The number of benzene rings is 2. The molecule has 3 nitrogen and oxygen atoms in total. The molecule has 3 aromatic rings. The molecule has 0 spiro atoms. The minimum absolute atomic E-state index is 0.165. The molecule has 1 aromatic heterocycles. The minimum atomic E-state index is -4.61. The Hall–Kier alpha value is -2.63. The van der Waals surface area contributed by atoms with Gasteiger partial charge >= 0.3 is 161 Å². The molecule has 3 rings (SSSR count). The number of halogens is 3. The van der Waals surface area contributed by atoms with Crippen LogP contribution >= 0.6 is 0 Å². The van der Waals surface area contributed by atoms with E-state index in [4.69, 9.17) is 0 Å². The summed E-state index contributed by atoms with van der Waals surface area (Å²) in [5.74, 6) is -0.798. The zero-order valence-electron chi connectivity index (χ0n) is 14.0. The molecular weight excluding hydrogens is 420 g/mol. The predicted octanol–water partition coefficient (Wildman–Crippen LogP) is 3.88. The third-order valence-electron chi connectivity index (χ3n) is 3.71. The standard InChI is InChI=1S/C20H15F3N2OSe/c21-20(22,23)18-16(19(26)25-15-8-5-11-24-12-15)9-4-10-17(18)27-13-14-6-2-1-3-7-14/h1-12H,13H2,(H,25,26). The van der Waals surface area contributed by atoms with E-state index in [-0.39, 0.29) is 10.0 Å². The van der Waals surface area contributed by atoms with Gasteiger partial charge in [-0.25, -0.2) is 0 Å². The van der Waals surface area contributed by atoms with E-state index in [1.807, 2.05) is 30.3 Å². The number of hydrogen-bond donors (Lipinski definition) is 1. The third-order valence-corrected chi connectivity index (χ3v) is 6.08. The van der Waals surface area contributed by atoms with Crippen LogP contribution in [0, 0.1) is 0 Å². The third kappa shape index (κ3) is 4.96. The van der Waals surface area contributed by atoms with Crippen LogP contribution in [-0.4, -0.2) is 25.8 Å². The summed E-state index contributed by atoms with van der Waals surface area (Å²) in [5.41, 5.74) is 0.0766. The normalized spacial score (nSPS) is 11.2. The second-order valence-electron chi connectivity index (χ2n) is 5.65. The molecule has 0 atom stereocenters. The Bertz CT molecular complexity index is 916. The van der Waals surface area contributed by atoms with Crippen molar-refractivity contribution >= 4 is 31.0 Å². The van der Waals surface area contributed by atoms with Crippen molar-refractivity contribution in [2.75, 3.05) is 5.32 Å². The molecular formula is C20H15F3N2OSe. The summed E-state index contributed by atoms with van der Waals surface area (Å²) < 4.78 is 41.4. The summed E-state index contributed by atoms with van der Waals surface area (Å²) in [6, 6.07) is 16.7. The molecule has 0 aliphatic rings. The Kier molecular flexibility index (Phi) is 5.94. The summed E-state index contributed by atoms with van der Waals surface area (Å²) in [6.45, 7) is 0. The van der Waals surface area contributed by atoms with E-state index < -0.39 is 32.6 Å². The monoisotopic (exact) mass is 436 g/mol. The Morgan fingerprint density at radius 3 is 2.44 bits per heavy atom. The SMILES string of the molecule is O=C(Nc1cccnc1)c1cccc([Se]Cc2ccccc2)c1C(F)(F)F. The van der Waals surface area contributed by atoms with Gasteiger partial charge in [0.1, 0.15) is 0 Å². The molecule has 1 N–H and O–H groups in total. The van der Waals surface area contributed by atoms with Gasteiger partial charge in [0.2, 0.25) is 0 Å². The van der Waals surface area contributed by atoms with Crippen LogP contribution in [0.5, 0.6) is 0 Å². The summed E-state index contributed by atoms with van der Waals surface area (Å²) in [7, 11) is 0. The van der Waals surface area contributed by atoms with E-state index in [9.17, 15) is 18.0 Å². The zero-order chi connectivity index (χ0) is 19.3. The first kappa shape index (κ1) is 19.1. The van der Waals surface area contributed by atoms with Crippen LogP contribution in [-0.2, 0) is 11.5 Å². The van der Waals surface area contributed by atoms with Crippen LogP contribution in [0.4, 0.5) is 18.9 Å². The van der Waals surface area contributed by atoms with Crippen molar-refractivity contribution in [3.05, 3.63) is 89.7 Å². The van der Waals surface area contributed by atoms with Gasteiger partial charge in [-0.05, 0) is 0 Å². The fourth-order valence-electron chi connectivity index (χ4n) is 2.50. The van der Waals surface area contributed by atoms with E-state index in [2.05, 4.69) is 10.3 Å². The number of carbonyl (C=O) groups excluding carboxylic acids is 1. The van der Waals surface area contributed by atoms with Gasteiger partial charge < -0.3 is 0 Å². The average Bonchev–Trinajstić information content (AvgIpc) is 2.67. The van der Waals surface area contributed by atoms with Gasteiger partial charge in [0.25, 0.3) is 0 Å². The van der Waals surface area contributed by atoms with Crippen LogP contribution in [0.2, 0.25) is 0 Å². The Morgan fingerprint density at radius 2 is 1.78 bits per heavy atom. The number of amides is 1. The molecule has 0 aliphatic carbocycles. The molecule has 1 heterocycles. The van der Waals surface area contributed by atoms with Crippen LogP contribution in [0.25, 0.3) is 0 Å². The Balaban J connectivity index is 1.90.